The van der Waals surface area contributed by atoms with Crippen molar-refractivity contribution in [1.82, 2.24) is 9.97 Å². The van der Waals surface area contributed by atoms with E-state index in [0.717, 1.165) is 12.3 Å². The summed E-state index contributed by atoms with van der Waals surface area (Å²) in [7, 11) is 0. The Bertz CT molecular complexity index is 579. The van der Waals surface area contributed by atoms with Crippen LogP contribution < -0.4 is 0 Å². The third-order valence-corrected chi connectivity index (χ3v) is 2.72. The van der Waals surface area contributed by atoms with Gasteiger partial charge in [0.15, 0.2) is 0 Å². The zero-order valence-electron chi connectivity index (χ0n) is 10.1. The van der Waals surface area contributed by atoms with Gasteiger partial charge in [-0.3, -0.25) is 9.97 Å². The van der Waals surface area contributed by atoms with E-state index in [1.165, 1.54) is 6.07 Å². The Labute approximate surface area is 107 Å². The maximum Gasteiger partial charge on any atom is 0.433 e. The smallest absolute Gasteiger partial charge is 0.392 e. The molecule has 19 heavy (non-hydrogen) atoms. The van der Waals surface area contributed by atoms with Crippen LogP contribution in [0.3, 0.4) is 0 Å². The van der Waals surface area contributed by atoms with Crippen molar-refractivity contribution in [3.63, 3.8) is 0 Å². The van der Waals surface area contributed by atoms with E-state index in [4.69, 9.17) is 5.11 Å². The Balaban J connectivity index is 2.35. The lowest BCUT2D eigenvalue weighted by Gasteiger charge is -2.08. The molecule has 1 N–H and O–H groups in total. The number of nitrogens with zero attached hydrogens (tertiary/aromatic N) is 2. The fraction of sp³-hybridized carbons (Fsp3) is 0.231. The summed E-state index contributed by atoms with van der Waals surface area (Å²) in [6.07, 6.45) is -3.30. The maximum absolute atomic E-state index is 12.4. The predicted molar refractivity (Wildman–Crippen MR) is 63.1 cm³/mol. The van der Waals surface area contributed by atoms with Crippen LogP contribution in [0.5, 0.6) is 0 Å². The van der Waals surface area contributed by atoms with Gasteiger partial charge in [0.25, 0.3) is 0 Å². The van der Waals surface area contributed by atoms with Crippen molar-refractivity contribution < 1.29 is 18.3 Å². The molecule has 0 aromatic carbocycles. The van der Waals surface area contributed by atoms with E-state index in [2.05, 4.69) is 9.97 Å². The third kappa shape index (κ3) is 2.90. The van der Waals surface area contributed by atoms with Crippen molar-refractivity contribution in [1.29, 1.82) is 0 Å². The summed E-state index contributed by atoms with van der Waals surface area (Å²) >= 11 is 0. The first kappa shape index (κ1) is 13.5. The number of pyridine rings is 2. The standard InChI is InChI=1S/C13H11F3N2O/c1-8-10(7-19)2-4-11(18-8)9-3-5-12(17-6-9)13(14,15)16/h2-6,19H,7H2,1H3. The van der Waals surface area contributed by atoms with Crippen molar-refractivity contribution in [2.24, 2.45) is 0 Å². The first-order valence-corrected chi connectivity index (χ1v) is 5.53. The predicted octanol–water partition coefficient (Wildman–Crippen LogP) is 2.96. The number of aliphatic hydroxyl groups is 1. The van der Waals surface area contributed by atoms with Gasteiger partial charge in [-0.1, -0.05) is 6.07 Å². The summed E-state index contributed by atoms with van der Waals surface area (Å²) in [6.45, 7) is 1.61. The summed E-state index contributed by atoms with van der Waals surface area (Å²) in [5.41, 5.74) is 1.42. The molecular weight excluding hydrogens is 257 g/mol. The number of rotatable bonds is 2. The normalized spacial score (nSPS) is 11.6. The monoisotopic (exact) mass is 268 g/mol. The van der Waals surface area contributed by atoms with Gasteiger partial charge in [0.1, 0.15) is 5.69 Å². The third-order valence-electron chi connectivity index (χ3n) is 2.72. The van der Waals surface area contributed by atoms with Gasteiger partial charge in [-0.2, -0.15) is 13.2 Å². The van der Waals surface area contributed by atoms with Gasteiger partial charge in [-0.25, -0.2) is 0 Å². The number of alkyl halides is 3. The van der Waals surface area contributed by atoms with E-state index in [1.807, 2.05) is 0 Å². The maximum atomic E-state index is 12.4. The van der Waals surface area contributed by atoms with Crippen LogP contribution in [0.25, 0.3) is 11.3 Å². The van der Waals surface area contributed by atoms with Gasteiger partial charge >= 0.3 is 6.18 Å². The van der Waals surface area contributed by atoms with E-state index in [1.54, 1.807) is 19.1 Å². The number of halogens is 3. The molecule has 0 spiro atoms. The van der Waals surface area contributed by atoms with Crippen LogP contribution in [0.2, 0.25) is 0 Å². The molecule has 100 valence electrons. The first-order chi connectivity index (χ1) is 8.91. The highest BCUT2D eigenvalue weighted by atomic mass is 19.4. The molecule has 0 amide bonds. The molecule has 2 aromatic rings. The molecule has 2 rings (SSSR count). The molecule has 0 aliphatic heterocycles. The van der Waals surface area contributed by atoms with Crippen molar-refractivity contribution in [3.05, 3.63) is 47.4 Å². The van der Waals surface area contributed by atoms with E-state index in [0.29, 0.717) is 22.5 Å². The lowest BCUT2D eigenvalue weighted by molar-refractivity contribution is -0.141. The van der Waals surface area contributed by atoms with Crippen molar-refractivity contribution >= 4 is 0 Å². The molecule has 3 nitrogen and oxygen atoms in total. The van der Waals surface area contributed by atoms with Crippen molar-refractivity contribution in [3.8, 4) is 11.3 Å². The second-order valence-electron chi connectivity index (χ2n) is 4.03. The van der Waals surface area contributed by atoms with Gasteiger partial charge < -0.3 is 5.11 Å². The molecule has 0 radical (unpaired) electrons. The highest BCUT2D eigenvalue weighted by Gasteiger charge is 2.32. The van der Waals surface area contributed by atoms with Crippen LogP contribution in [0.4, 0.5) is 13.2 Å². The van der Waals surface area contributed by atoms with Crippen LogP contribution in [-0.2, 0) is 12.8 Å². The van der Waals surface area contributed by atoms with Crippen LogP contribution in [0, 0.1) is 6.92 Å². The minimum absolute atomic E-state index is 0.121. The molecule has 0 saturated carbocycles. The number of aromatic nitrogens is 2. The quantitative estimate of drug-likeness (QED) is 0.910. The topological polar surface area (TPSA) is 46.0 Å². The Morgan fingerprint density at radius 1 is 1.16 bits per heavy atom. The Kier molecular flexibility index (Phi) is 3.53. The minimum atomic E-state index is -4.44. The number of aryl methyl sites for hydroxylation is 1. The fourth-order valence-electron chi connectivity index (χ4n) is 1.63. The number of aliphatic hydroxyl groups excluding tert-OH is 1. The van der Waals surface area contributed by atoms with Gasteiger partial charge in [0.2, 0.25) is 0 Å². The lowest BCUT2D eigenvalue weighted by atomic mass is 10.1. The number of hydrogen-bond acceptors (Lipinski definition) is 3. The van der Waals surface area contributed by atoms with E-state index < -0.39 is 11.9 Å². The summed E-state index contributed by atoms with van der Waals surface area (Å²) in [6, 6.07) is 5.58. The molecule has 2 heterocycles. The van der Waals surface area contributed by atoms with Gasteiger partial charge in [-0.05, 0) is 30.7 Å². The average Bonchev–Trinajstić information content (AvgIpc) is 2.38. The zero-order chi connectivity index (χ0) is 14.0. The Morgan fingerprint density at radius 3 is 2.37 bits per heavy atom. The van der Waals surface area contributed by atoms with E-state index in [-0.39, 0.29) is 6.61 Å². The van der Waals surface area contributed by atoms with Crippen LogP contribution in [-0.4, -0.2) is 15.1 Å². The highest BCUT2D eigenvalue weighted by Crippen LogP contribution is 2.28. The SMILES string of the molecule is Cc1nc(-c2ccc(C(F)(F)F)nc2)ccc1CO. The van der Waals surface area contributed by atoms with E-state index in [9.17, 15) is 13.2 Å². The van der Waals surface area contributed by atoms with Gasteiger partial charge in [-0.15, -0.1) is 0 Å². The second kappa shape index (κ2) is 4.97. The fourth-order valence-corrected chi connectivity index (χ4v) is 1.63. The summed E-state index contributed by atoms with van der Waals surface area (Å²) in [5.74, 6) is 0. The van der Waals surface area contributed by atoms with Crippen molar-refractivity contribution in [2.75, 3.05) is 0 Å². The average molecular weight is 268 g/mol. The van der Waals surface area contributed by atoms with Gasteiger partial charge in [0, 0.05) is 17.5 Å². The Hall–Kier alpha value is -1.95. The van der Waals surface area contributed by atoms with Crippen LogP contribution in [0.1, 0.15) is 17.0 Å². The summed E-state index contributed by atoms with van der Waals surface area (Å²) < 4.78 is 37.1. The second-order valence-corrected chi connectivity index (χ2v) is 4.03. The molecule has 2 aromatic heterocycles. The highest BCUT2D eigenvalue weighted by molar-refractivity contribution is 5.58. The summed E-state index contributed by atoms with van der Waals surface area (Å²) in [5, 5.41) is 9.03. The zero-order valence-corrected chi connectivity index (χ0v) is 10.1. The minimum Gasteiger partial charge on any atom is -0.392 e. The molecule has 0 atom stereocenters. The molecule has 0 aliphatic carbocycles. The van der Waals surface area contributed by atoms with Crippen LogP contribution in [0.15, 0.2) is 30.5 Å². The molecule has 0 fully saturated rings. The largest absolute Gasteiger partial charge is 0.433 e. The summed E-state index contributed by atoms with van der Waals surface area (Å²) in [4.78, 5) is 7.61. The molecule has 0 bridgehead atoms. The molecule has 0 unspecified atom stereocenters. The molecule has 6 heteroatoms. The van der Waals surface area contributed by atoms with Gasteiger partial charge in [0.05, 0.1) is 12.3 Å². The Morgan fingerprint density at radius 2 is 1.89 bits per heavy atom. The van der Waals surface area contributed by atoms with Crippen molar-refractivity contribution in [2.45, 2.75) is 19.7 Å². The molecular formula is C13H11F3N2O. The van der Waals surface area contributed by atoms with E-state index >= 15 is 0 Å². The number of hydrogen-bond donors (Lipinski definition) is 1. The lowest BCUT2D eigenvalue weighted by Crippen LogP contribution is -2.07. The molecule has 0 saturated heterocycles. The first-order valence-electron chi connectivity index (χ1n) is 5.53. The van der Waals surface area contributed by atoms with Crippen LogP contribution >= 0.6 is 0 Å². The molecule has 0 aliphatic rings.